The molecule has 1 amide bonds. The maximum Gasteiger partial charge on any atom is 0.251 e. The van der Waals surface area contributed by atoms with Crippen LogP contribution in [0.2, 0.25) is 0 Å². The van der Waals surface area contributed by atoms with Crippen LogP contribution in [0.5, 0.6) is 0 Å². The van der Waals surface area contributed by atoms with E-state index >= 15 is 0 Å². The van der Waals surface area contributed by atoms with Gasteiger partial charge in [-0.2, -0.15) is 0 Å². The van der Waals surface area contributed by atoms with Crippen LogP contribution in [-0.4, -0.2) is 25.0 Å². The molecule has 1 aromatic carbocycles. The van der Waals surface area contributed by atoms with Crippen molar-refractivity contribution in [1.29, 1.82) is 0 Å². The fourth-order valence-electron chi connectivity index (χ4n) is 2.31. The lowest BCUT2D eigenvalue weighted by Gasteiger charge is -2.16. The monoisotopic (exact) mass is 250 g/mol. The van der Waals surface area contributed by atoms with Crippen molar-refractivity contribution in [2.24, 2.45) is 0 Å². The van der Waals surface area contributed by atoms with Gasteiger partial charge in [0.05, 0.1) is 0 Å². The third-order valence-electron chi connectivity index (χ3n) is 3.34. The van der Waals surface area contributed by atoms with E-state index < -0.39 is 0 Å². The summed E-state index contributed by atoms with van der Waals surface area (Å²) in [5.74, 6) is -0.401. The van der Waals surface area contributed by atoms with Gasteiger partial charge in [-0.1, -0.05) is 0 Å². The summed E-state index contributed by atoms with van der Waals surface area (Å²) in [7, 11) is 0. The van der Waals surface area contributed by atoms with Crippen LogP contribution in [-0.2, 0) is 0 Å². The maximum atomic E-state index is 13.0. The Hall–Kier alpha value is -1.42. The van der Waals surface area contributed by atoms with E-state index in [1.807, 2.05) is 0 Å². The number of halogens is 1. The van der Waals surface area contributed by atoms with Gasteiger partial charge in [0.15, 0.2) is 0 Å². The van der Waals surface area contributed by atoms with Crippen molar-refractivity contribution in [1.82, 2.24) is 10.6 Å². The summed E-state index contributed by atoms with van der Waals surface area (Å²) in [4.78, 5) is 12.1. The molecule has 1 aliphatic rings. The van der Waals surface area contributed by atoms with Gasteiger partial charge in [-0.05, 0) is 63.0 Å². The summed E-state index contributed by atoms with van der Waals surface area (Å²) < 4.78 is 13.0. The highest BCUT2D eigenvalue weighted by Gasteiger charge is 2.16. The highest BCUT2D eigenvalue weighted by Crippen LogP contribution is 2.12. The van der Waals surface area contributed by atoms with Crippen LogP contribution < -0.4 is 10.6 Å². The van der Waals surface area contributed by atoms with Gasteiger partial charge >= 0.3 is 0 Å². The van der Waals surface area contributed by atoms with Crippen molar-refractivity contribution in [3.8, 4) is 0 Å². The second kappa shape index (κ2) is 5.96. The first kappa shape index (κ1) is 13.0. The van der Waals surface area contributed by atoms with Crippen molar-refractivity contribution >= 4 is 5.91 Å². The van der Waals surface area contributed by atoms with Crippen LogP contribution in [0, 0.1) is 12.7 Å². The summed E-state index contributed by atoms with van der Waals surface area (Å²) in [5.41, 5.74) is 1.24. The molecule has 0 aliphatic carbocycles. The van der Waals surface area contributed by atoms with Gasteiger partial charge in [0.2, 0.25) is 0 Å². The number of hydrogen-bond donors (Lipinski definition) is 2. The Balaban J connectivity index is 2.02. The van der Waals surface area contributed by atoms with Crippen LogP contribution in [0.4, 0.5) is 4.39 Å². The van der Waals surface area contributed by atoms with E-state index in [2.05, 4.69) is 10.6 Å². The number of carbonyl (C=O) groups excluding carboxylic acids is 1. The molecule has 0 radical (unpaired) electrons. The normalized spacial score (nSPS) is 20.2. The number of nitrogens with one attached hydrogen (secondary N) is 2. The topological polar surface area (TPSA) is 41.1 Å². The molecule has 0 spiro atoms. The number of hydrogen-bond acceptors (Lipinski definition) is 2. The molecular weight excluding hydrogens is 231 g/mol. The van der Waals surface area contributed by atoms with Gasteiger partial charge < -0.3 is 10.6 Å². The van der Waals surface area contributed by atoms with Crippen molar-refractivity contribution in [3.63, 3.8) is 0 Å². The highest BCUT2D eigenvalue weighted by atomic mass is 19.1. The quantitative estimate of drug-likeness (QED) is 0.843. The minimum absolute atomic E-state index is 0.0978. The van der Waals surface area contributed by atoms with Crippen LogP contribution in [0.1, 0.15) is 35.2 Å². The first-order chi connectivity index (χ1) is 8.66. The molecule has 0 aromatic heterocycles. The molecular formula is C14H19FN2O. The zero-order valence-corrected chi connectivity index (χ0v) is 10.6. The van der Waals surface area contributed by atoms with Gasteiger partial charge in [-0.15, -0.1) is 0 Å². The summed E-state index contributed by atoms with van der Waals surface area (Å²) in [6.45, 7) is 3.71. The molecule has 18 heavy (non-hydrogen) atoms. The zero-order valence-electron chi connectivity index (χ0n) is 10.6. The average Bonchev–Trinajstić information content (AvgIpc) is 2.57. The summed E-state index contributed by atoms with van der Waals surface area (Å²) in [6, 6.07) is 4.49. The molecule has 1 saturated heterocycles. The largest absolute Gasteiger partial charge is 0.349 e. The molecule has 98 valence electrons. The Morgan fingerprint density at radius 3 is 3.00 bits per heavy atom. The molecule has 1 unspecified atom stereocenters. The van der Waals surface area contributed by atoms with Crippen LogP contribution >= 0.6 is 0 Å². The predicted octanol–water partition coefficient (Wildman–Crippen LogP) is 2.01. The first-order valence-corrected chi connectivity index (χ1v) is 6.44. The molecule has 1 aliphatic heterocycles. The second-order valence-corrected chi connectivity index (χ2v) is 4.81. The fourth-order valence-corrected chi connectivity index (χ4v) is 2.31. The van der Waals surface area contributed by atoms with Crippen LogP contribution in [0.15, 0.2) is 18.2 Å². The van der Waals surface area contributed by atoms with Gasteiger partial charge in [0.1, 0.15) is 5.82 Å². The lowest BCUT2D eigenvalue weighted by molar-refractivity contribution is 0.0933. The van der Waals surface area contributed by atoms with E-state index in [4.69, 9.17) is 0 Å². The molecule has 0 bridgehead atoms. The number of aryl methyl sites for hydroxylation is 1. The van der Waals surface area contributed by atoms with Crippen LogP contribution in [0.25, 0.3) is 0 Å². The molecule has 3 nitrogen and oxygen atoms in total. The minimum Gasteiger partial charge on any atom is -0.349 e. The Kier molecular flexibility index (Phi) is 4.31. The first-order valence-electron chi connectivity index (χ1n) is 6.44. The lowest BCUT2D eigenvalue weighted by atomic mass is 10.1. The van der Waals surface area contributed by atoms with Gasteiger partial charge in [-0.25, -0.2) is 4.39 Å². The smallest absolute Gasteiger partial charge is 0.251 e. The second-order valence-electron chi connectivity index (χ2n) is 4.81. The van der Waals surface area contributed by atoms with Crippen LogP contribution in [0.3, 0.4) is 0 Å². The van der Waals surface area contributed by atoms with Crippen molar-refractivity contribution in [2.75, 3.05) is 13.1 Å². The molecule has 1 atom stereocenters. The highest BCUT2D eigenvalue weighted by molar-refractivity contribution is 5.95. The van der Waals surface area contributed by atoms with E-state index in [-0.39, 0.29) is 17.8 Å². The lowest BCUT2D eigenvalue weighted by Crippen LogP contribution is -2.35. The standard InChI is InChI=1S/C14H19FN2O/c1-10-9-11(15)4-5-13(10)14(18)17-12-3-2-7-16-8-6-12/h4-5,9,12,16H,2-3,6-8H2,1H3,(H,17,18). The Morgan fingerprint density at radius 1 is 1.39 bits per heavy atom. The van der Waals surface area contributed by atoms with Gasteiger partial charge in [0, 0.05) is 11.6 Å². The molecule has 4 heteroatoms. The Bertz CT molecular complexity index is 426. The van der Waals surface area contributed by atoms with E-state index in [0.29, 0.717) is 11.1 Å². The SMILES string of the molecule is Cc1cc(F)ccc1C(=O)NC1CCCNCC1. The molecule has 1 heterocycles. The Morgan fingerprint density at radius 2 is 2.22 bits per heavy atom. The number of carbonyl (C=O) groups is 1. The zero-order chi connectivity index (χ0) is 13.0. The Labute approximate surface area is 107 Å². The average molecular weight is 250 g/mol. The molecule has 0 saturated carbocycles. The van der Waals surface area contributed by atoms with E-state index in [9.17, 15) is 9.18 Å². The van der Waals surface area contributed by atoms with Gasteiger partial charge in [0.25, 0.3) is 5.91 Å². The van der Waals surface area contributed by atoms with E-state index in [1.54, 1.807) is 13.0 Å². The van der Waals surface area contributed by atoms with E-state index in [1.165, 1.54) is 12.1 Å². The van der Waals surface area contributed by atoms with Crippen molar-refractivity contribution < 1.29 is 9.18 Å². The maximum absolute atomic E-state index is 13.0. The number of rotatable bonds is 2. The van der Waals surface area contributed by atoms with Crippen molar-refractivity contribution in [2.45, 2.75) is 32.2 Å². The fraction of sp³-hybridized carbons (Fsp3) is 0.500. The summed E-state index contributed by atoms with van der Waals surface area (Å²) in [6.07, 6.45) is 3.03. The third kappa shape index (κ3) is 3.29. The molecule has 2 N–H and O–H groups in total. The molecule has 1 aromatic rings. The van der Waals surface area contributed by atoms with Gasteiger partial charge in [-0.3, -0.25) is 4.79 Å². The van der Waals surface area contributed by atoms with E-state index in [0.717, 1.165) is 32.4 Å². The number of amides is 1. The minimum atomic E-state index is -0.303. The molecule has 2 rings (SSSR count). The number of benzene rings is 1. The van der Waals surface area contributed by atoms with Crippen molar-refractivity contribution in [3.05, 3.63) is 35.1 Å². The third-order valence-corrected chi connectivity index (χ3v) is 3.34. The predicted molar refractivity (Wildman–Crippen MR) is 69.1 cm³/mol. The summed E-state index contributed by atoms with van der Waals surface area (Å²) in [5, 5.41) is 6.34. The summed E-state index contributed by atoms with van der Waals surface area (Å²) >= 11 is 0. The molecule has 1 fully saturated rings.